The van der Waals surface area contributed by atoms with Gasteiger partial charge < -0.3 is 19.2 Å². The molecule has 0 spiro atoms. The van der Waals surface area contributed by atoms with E-state index in [2.05, 4.69) is 15.5 Å². The highest BCUT2D eigenvalue weighted by Crippen LogP contribution is 2.29. The number of thiophene rings is 1. The van der Waals surface area contributed by atoms with Gasteiger partial charge in [0.05, 0.1) is 19.9 Å². The minimum atomic E-state index is -0.279. The summed E-state index contributed by atoms with van der Waals surface area (Å²) in [7, 11) is 3.09. The van der Waals surface area contributed by atoms with E-state index < -0.39 is 0 Å². The van der Waals surface area contributed by atoms with Crippen molar-refractivity contribution >= 4 is 22.9 Å². The number of hydrogen-bond donors (Lipinski definition) is 1. The molecule has 2 aromatic heterocycles. The number of anilines is 1. The Kier molecular flexibility index (Phi) is 4.76. The topological polar surface area (TPSA) is 86.5 Å². The van der Waals surface area contributed by atoms with Crippen molar-refractivity contribution in [2.45, 2.75) is 6.42 Å². The average molecular weight is 345 g/mol. The molecule has 1 aromatic carbocycles. The first-order chi connectivity index (χ1) is 11.7. The van der Waals surface area contributed by atoms with Gasteiger partial charge in [0.25, 0.3) is 0 Å². The third-order valence-electron chi connectivity index (χ3n) is 3.23. The highest BCUT2D eigenvalue weighted by Gasteiger charge is 2.14. The largest absolute Gasteiger partial charge is 0.497 e. The number of benzene rings is 1. The van der Waals surface area contributed by atoms with Crippen LogP contribution in [-0.4, -0.2) is 30.3 Å². The van der Waals surface area contributed by atoms with Gasteiger partial charge >= 0.3 is 0 Å². The molecule has 0 aliphatic carbocycles. The number of nitrogens with zero attached hydrogens (tertiary/aromatic N) is 2. The van der Waals surface area contributed by atoms with Crippen LogP contribution in [0.2, 0.25) is 0 Å². The molecule has 3 aromatic rings. The number of aromatic nitrogens is 2. The van der Waals surface area contributed by atoms with Crippen LogP contribution in [0.5, 0.6) is 11.5 Å². The second-order valence-electron chi connectivity index (χ2n) is 4.80. The van der Waals surface area contributed by atoms with E-state index in [1.807, 2.05) is 16.8 Å². The van der Waals surface area contributed by atoms with E-state index in [9.17, 15) is 4.79 Å². The van der Waals surface area contributed by atoms with Gasteiger partial charge in [0, 0.05) is 17.0 Å². The van der Waals surface area contributed by atoms with E-state index in [1.54, 1.807) is 25.3 Å². The van der Waals surface area contributed by atoms with Crippen LogP contribution in [0.1, 0.15) is 5.89 Å². The second-order valence-corrected chi connectivity index (χ2v) is 5.58. The summed E-state index contributed by atoms with van der Waals surface area (Å²) < 4.78 is 15.9. The molecule has 0 aliphatic rings. The van der Waals surface area contributed by atoms with Crippen molar-refractivity contribution in [3.8, 4) is 23.0 Å². The van der Waals surface area contributed by atoms with E-state index in [0.717, 1.165) is 5.56 Å². The lowest BCUT2D eigenvalue weighted by atomic mass is 10.2. The molecule has 8 heteroatoms. The molecule has 0 radical (unpaired) electrons. The van der Waals surface area contributed by atoms with Crippen LogP contribution in [-0.2, 0) is 11.2 Å². The molecule has 0 fully saturated rings. The monoisotopic (exact) mass is 345 g/mol. The Morgan fingerprint density at radius 3 is 2.83 bits per heavy atom. The highest BCUT2D eigenvalue weighted by atomic mass is 32.1. The molecule has 7 nitrogen and oxygen atoms in total. The minimum Gasteiger partial charge on any atom is -0.497 e. The molecule has 0 saturated heterocycles. The summed E-state index contributed by atoms with van der Waals surface area (Å²) in [6, 6.07) is 7.01. The SMILES string of the molecule is COc1ccc(NC(=O)Cc2nnc(-c3ccsc3)o2)c(OC)c1. The maximum absolute atomic E-state index is 12.2. The molecule has 0 saturated carbocycles. The fourth-order valence-electron chi connectivity index (χ4n) is 2.06. The van der Waals surface area contributed by atoms with Crippen molar-refractivity contribution in [1.82, 2.24) is 10.2 Å². The lowest BCUT2D eigenvalue weighted by molar-refractivity contribution is -0.115. The van der Waals surface area contributed by atoms with Gasteiger partial charge in [-0.05, 0) is 23.6 Å². The van der Waals surface area contributed by atoms with Crippen LogP contribution >= 0.6 is 11.3 Å². The van der Waals surface area contributed by atoms with Gasteiger partial charge in [-0.2, -0.15) is 11.3 Å². The minimum absolute atomic E-state index is 0.0215. The predicted molar refractivity (Wildman–Crippen MR) is 89.5 cm³/mol. The van der Waals surface area contributed by atoms with Crippen LogP contribution in [0.3, 0.4) is 0 Å². The number of methoxy groups -OCH3 is 2. The molecule has 3 rings (SSSR count). The van der Waals surface area contributed by atoms with Gasteiger partial charge in [0.2, 0.25) is 17.7 Å². The summed E-state index contributed by atoms with van der Waals surface area (Å²) >= 11 is 1.54. The number of hydrogen-bond acceptors (Lipinski definition) is 7. The van der Waals surface area contributed by atoms with Crippen molar-refractivity contribution < 1.29 is 18.7 Å². The highest BCUT2D eigenvalue weighted by molar-refractivity contribution is 7.08. The van der Waals surface area contributed by atoms with Crippen molar-refractivity contribution in [3.05, 3.63) is 40.9 Å². The van der Waals surface area contributed by atoms with Gasteiger partial charge in [-0.15, -0.1) is 10.2 Å². The first-order valence-corrected chi connectivity index (χ1v) is 8.00. The van der Waals surface area contributed by atoms with Crippen LogP contribution in [0.25, 0.3) is 11.5 Å². The van der Waals surface area contributed by atoms with Crippen LogP contribution in [0.15, 0.2) is 39.4 Å². The average Bonchev–Trinajstić information content (AvgIpc) is 3.26. The van der Waals surface area contributed by atoms with Gasteiger partial charge in [-0.25, -0.2) is 0 Å². The molecule has 0 aliphatic heterocycles. The quantitative estimate of drug-likeness (QED) is 0.739. The lowest BCUT2D eigenvalue weighted by Gasteiger charge is -2.10. The lowest BCUT2D eigenvalue weighted by Crippen LogP contribution is -2.15. The second kappa shape index (κ2) is 7.14. The maximum Gasteiger partial charge on any atom is 0.248 e. The molecule has 1 N–H and O–H groups in total. The third-order valence-corrected chi connectivity index (χ3v) is 3.91. The Hall–Kier alpha value is -2.87. The Morgan fingerprint density at radius 1 is 1.25 bits per heavy atom. The van der Waals surface area contributed by atoms with E-state index in [0.29, 0.717) is 23.1 Å². The number of rotatable bonds is 6. The zero-order valence-corrected chi connectivity index (χ0v) is 13.9. The van der Waals surface area contributed by atoms with Crippen molar-refractivity contribution in [3.63, 3.8) is 0 Å². The van der Waals surface area contributed by atoms with E-state index in [4.69, 9.17) is 13.9 Å². The maximum atomic E-state index is 12.2. The number of carbonyl (C=O) groups excluding carboxylic acids is 1. The van der Waals surface area contributed by atoms with Gasteiger partial charge in [-0.1, -0.05) is 0 Å². The molecule has 1 amide bonds. The normalized spacial score (nSPS) is 10.4. The van der Waals surface area contributed by atoms with Gasteiger partial charge in [-0.3, -0.25) is 4.79 Å². The number of carbonyl (C=O) groups is 1. The molecule has 0 atom stereocenters. The summed E-state index contributed by atoms with van der Waals surface area (Å²) in [6.07, 6.45) is -0.0215. The number of ether oxygens (including phenoxy) is 2. The van der Waals surface area contributed by atoms with Gasteiger partial charge in [0.15, 0.2) is 0 Å². The summed E-state index contributed by atoms with van der Waals surface area (Å²) in [5, 5.41) is 14.4. The number of nitrogens with one attached hydrogen (secondary N) is 1. The van der Waals surface area contributed by atoms with Crippen molar-refractivity contribution in [2.24, 2.45) is 0 Å². The van der Waals surface area contributed by atoms with E-state index >= 15 is 0 Å². The fourth-order valence-corrected chi connectivity index (χ4v) is 2.69. The Bertz CT molecular complexity index is 830. The van der Waals surface area contributed by atoms with Crippen LogP contribution < -0.4 is 14.8 Å². The van der Waals surface area contributed by atoms with Crippen molar-refractivity contribution in [2.75, 3.05) is 19.5 Å². The standard InChI is InChI=1S/C16H15N3O4S/c1-21-11-3-4-12(13(7-11)22-2)17-14(20)8-15-18-19-16(23-15)10-5-6-24-9-10/h3-7,9H,8H2,1-2H3,(H,17,20). The fraction of sp³-hybridized carbons (Fsp3) is 0.188. The Morgan fingerprint density at radius 2 is 2.12 bits per heavy atom. The van der Waals surface area contributed by atoms with Gasteiger partial charge in [0.1, 0.15) is 17.9 Å². The molecular formula is C16H15N3O4S. The Balaban J connectivity index is 1.68. The molecule has 124 valence electrons. The predicted octanol–water partition coefficient (Wildman–Crippen LogP) is 3.00. The van der Waals surface area contributed by atoms with Crippen molar-refractivity contribution in [1.29, 1.82) is 0 Å². The summed E-state index contributed by atoms with van der Waals surface area (Å²) in [4.78, 5) is 12.2. The number of amides is 1. The Labute approximate surface area is 142 Å². The van der Waals surface area contributed by atoms with E-state index in [-0.39, 0.29) is 18.2 Å². The first-order valence-electron chi connectivity index (χ1n) is 7.06. The summed E-state index contributed by atoms with van der Waals surface area (Å²) in [6.45, 7) is 0. The summed E-state index contributed by atoms with van der Waals surface area (Å²) in [5.74, 6) is 1.52. The molecular weight excluding hydrogens is 330 g/mol. The van der Waals surface area contributed by atoms with Crippen LogP contribution in [0.4, 0.5) is 5.69 Å². The zero-order valence-electron chi connectivity index (χ0n) is 13.1. The zero-order chi connectivity index (χ0) is 16.9. The molecule has 0 bridgehead atoms. The summed E-state index contributed by atoms with van der Waals surface area (Å²) in [5.41, 5.74) is 1.39. The molecule has 0 unspecified atom stereocenters. The van der Waals surface area contributed by atoms with E-state index in [1.165, 1.54) is 18.4 Å². The first kappa shape index (κ1) is 16.0. The van der Waals surface area contributed by atoms with Crippen LogP contribution in [0, 0.1) is 0 Å². The molecule has 2 heterocycles. The third kappa shape index (κ3) is 3.54. The smallest absolute Gasteiger partial charge is 0.248 e. The molecule has 24 heavy (non-hydrogen) atoms.